The van der Waals surface area contributed by atoms with E-state index >= 15 is 0 Å². The highest BCUT2D eigenvalue weighted by atomic mass is 16.4. The van der Waals surface area contributed by atoms with Gasteiger partial charge in [-0.2, -0.15) is 0 Å². The molecule has 1 aliphatic rings. The standard InChI is InChI=1S/C13H25NO2/c1-4-10-7-6-8-11(9-10)14-13(3,5-2)12(15)16/h10-11,14H,4-9H2,1-3H3,(H,15,16). The molecule has 0 aliphatic heterocycles. The van der Waals surface area contributed by atoms with Crippen molar-refractivity contribution in [1.82, 2.24) is 5.32 Å². The van der Waals surface area contributed by atoms with Crippen molar-refractivity contribution in [1.29, 1.82) is 0 Å². The predicted molar refractivity (Wildman–Crippen MR) is 65.5 cm³/mol. The fourth-order valence-corrected chi connectivity index (χ4v) is 2.56. The van der Waals surface area contributed by atoms with Crippen LogP contribution in [0.1, 0.15) is 59.3 Å². The normalized spacial score (nSPS) is 29.7. The van der Waals surface area contributed by atoms with Gasteiger partial charge in [0.15, 0.2) is 0 Å². The summed E-state index contributed by atoms with van der Waals surface area (Å²) in [5.41, 5.74) is -0.750. The lowest BCUT2D eigenvalue weighted by molar-refractivity contribution is -0.144. The monoisotopic (exact) mass is 227 g/mol. The smallest absolute Gasteiger partial charge is 0.323 e. The quantitative estimate of drug-likeness (QED) is 0.759. The van der Waals surface area contributed by atoms with Crippen LogP contribution in [-0.2, 0) is 4.79 Å². The number of hydrogen-bond donors (Lipinski definition) is 2. The zero-order valence-corrected chi connectivity index (χ0v) is 10.8. The molecule has 0 bridgehead atoms. The first-order valence-electron chi connectivity index (χ1n) is 6.53. The highest BCUT2D eigenvalue weighted by Crippen LogP contribution is 2.28. The summed E-state index contributed by atoms with van der Waals surface area (Å²) in [6.45, 7) is 5.95. The van der Waals surface area contributed by atoms with E-state index in [2.05, 4.69) is 12.2 Å². The van der Waals surface area contributed by atoms with Gasteiger partial charge in [0, 0.05) is 6.04 Å². The van der Waals surface area contributed by atoms with Gasteiger partial charge < -0.3 is 5.11 Å². The third kappa shape index (κ3) is 3.21. The summed E-state index contributed by atoms with van der Waals surface area (Å²) in [4.78, 5) is 11.2. The second-order valence-electron chi connectivity index (χ2n) is 5.27. The van der Waals surface area contributed by atoms with E-state index in [0.29, 0.717) is 12.5 Å². The Labute approximate surface area is 98.6 Å². The Morgan fingerprint density at radius 2 is 2.12 bits per heavy atom. The molecule has 0 aromatic carbocycles. The fourth-order valence-electron chi connectivity index (χ4n) is 2.56. The highest BCUT2D eigenvalue weighted by Gasteiger charge is 2.34. The van der Waals surface area contributed by atoms with Gasteiger partial charge in [-0.15, -0.1) is 0 Å². The molecule has 0 heterocycles. The maximum Gasteiger partial charge on any atom is 0.323 e. The SMILES string of the molecule is CCC1CCCC(NC(C)(CC)C(=O)O)C1. The van der Waals surface area contributed by atoms with E-state index in [-0.39, 0.29) is 0 Å². The molecule has 0 saturated heterocycles. The molecule has 0 aromatic heterocycles. The summed E-state index contributed by atoms with van der Waals surface area (Å²) in [6.07, 6.45) is 6.66. The van der Waals surface area contributed by atoms with E-state index < -0.39 is 11.5 Å². The molecule has 3 atom stereocenters. The predicted octanol–water partition coefficient (Wildman–Crippen LogP) is 2.80. The second kappa shape index (κ2) is 5.67. The lowest BCUT2D eigenvalue weighted by Gasteiger charge is -2.35. The largest absolute Gasteiger partial charge is 0.480 e. The number of hydrogen-bond acceptors (Lipinski definition) is 2. The molecule has 1 aliphatic carbocycles. The number of aliphatic carboxylic acids is 1. The first kappa shape index (κ1) is 13.5. The summed E-state index contributed by atoms with van der Waals surface area (Å²) in [6, 6.07) is 0.389. The Morgan fingerprint density at radius 3 is 2.62 bits per heavy atom. The van der Waals surface area contributed by atoms with Crippen LogP contribution in [0.3, 0.4) is 0 Å². The molecule has 3 heteroatoms. The Kier molecular flexibility index (Phi) is 4.78. The van der Waals surface area contributed by atoms with Crippen LogP contribution in [0.4, 0.5) is 0 Å². The third-order valence-corrected chi connectivity index (χ3v) is 4.06. The molecule has 0 spiro atoms. The number of carboxylic acid groups (broad SMARTS) is 1. The Hall–Kier alpha value is -0.570. The van der Waals surface area contributed by atoms with E-state index in [0.717, 1.165) is 18.8 Å². The molecule has 1 saturated carbocycles. The minimum atomic E-state index is -0.750. The van der Waals surface area contributed by atoms with Crippen molar-refractivity contribution >= 4 is 5.97 Å². The van der Waals surface area contributed by atoms with Crippen LogP contribution in [0.15, 0.2) is 0 Å². The lowest BCUT2D eigenvalue weighted by atomic mass is 9.82. The van der Waals surface area contributed by atoms with Crippen molar-refractivity contribution < 1.29 is 9.90 Å². The maximum absolute atomic E-state index is 11.2. The maximum atomic E-state index is 11.2. The van der Waals surface area contributed by atoms with Crippen molar-refractivity contribution in [2.45, 2.75) is 70.9 Å². The van der Waals surface area contributed by atoms with Crippen molar-refractivity contribution in [2.24, 2.45) is 5.92 Å². The van der Waals surface area contributed by atoms with Crippen LogP contribution in [0.2, 0.25) is 0 Å². The fraction of sp³-hybridized carbons (Fsp3) is 0.923. The molecule has 3 nitrogen and oxygen atoms in total. The molecule has 1 rings (SSSR count). The van der Waals surface area contributed by atoms with Crippen LogP contribution in [-0.4, -0.2) is 22.7 Å². The van der Waals surface area contributed by atoms with Gasteiger partial charge in [-0.3, -0.25) is 10.1 Å². The average Bonchev–Trinajstić information content (AvgIpc) is 2.29. The van der Waals surface area contributed by atoms with Crippen molar-refractivity contribution in [3.05, 3.63) is 0 Å². The molecule has 16 heavy (non-hydrogen) atoms. The third-order valence-electron chi connectivity index (χ3n) is 4.06. The van der Waals surface area contributed by atoms with Crippen LogP contribution >= 0.6 is 0 Å². The number of carboxylic acids is 1. The van der Waals surface area contributed by atoms with Crippen molar-refractivity contribution in [2.75, 3.05) is 0 Å². The van der Waals surface area contributed by atoms with Gasteiger partial charge in [0.05, 0.1) is 0 Å². The minimum absolute atomic E-state index is 0.389. The molecule has 2 N–H and O–H groups in total. The van der Waals surface area contributed by atoms with E-state index in [4.69, 9.17) is 0 Å². The molecular formula is C13H25NO2. The lowest BCUT2D eigenvalue weighted by Crippen LogP contribution is -2.54. The number of carbonyl (C=O) groups is 1. The number of rotatable bonds is 5. The summed E-state index contributed by atoms with van der Waals surface area (Å²) in [7, 11) is 0. The molecular weight excluding hydrogens is 202 g/mol. The van der Waals surface area contributed by atoms with Crippen LogP contribution < -0.4 is 5.32 Å². The zero-order valence-electron chi connectivity index (χ0n) is 10.8. The first-order chi connectivity index (χ1) is 7.51. The summed E-state index contributed by atoms with van der Waals surface area (Å²) < 4.78 is 0. The van der Waals surface area contributed by atoms with Gasteiger partial charge in [-0.05, 0) is 32.1 Å². The van der Waals surface area contributed by atoms with Gasteiger partial charge in [-0.25, -0.2) is 0 Å². The number of nitrogens with one attached hydrogen (secondary N) is 1. The van der Waals surface area contributed by atoms with Gasteiger partial charge in [0.1, 0.15) is 5.54 Å². The van der Waals surface area contributed by atoms with Crippen molar-refractivity contribution in [3.63, 3.8) is 0 Å². The molecule has 3 unspecified atom stereocenters. The zero-order chi connectivity index (χ0) is 12.2. The minimum Gasteiger partial charge on any atom is -0.480 e. The van der Waals surface area contributed by atoms with Gasteiger partial charge >= 0.3 is 5.97 Å². The Bertz CT molecular complexity index is 242. The van der Waals surface area contributed by atoms with Gasteiger partial charge in [-0.1, -0.05) is 33.1 Å². The second-order valence-corrected chi connectivity index (χ2v) is 5.27. The van der Waals surface area contributed by atoms with Crippen molar-refractivity contribution in [3.8, 4) is 0 Å². The summed E-state index contributed by atoms with van der Waals surface area (Å²) >= 11 is 0. The summed E-state index contributed by atoms with van der Waals surface area (Å²) in [5.74, 6) is 0.0507. The molecule has 0 radical (unpaired) electrons. The van der Waals surface area contributed by atoms with Gasteiger partial charge in [0.2, 0.25) is 0 Å². The van der Waals surface area contributed by atoms with Crippen LogP contribution in [0.5, 0.6) is 0 Å². The highest BCUT2D eigenvalue weighted by molar-refractivity contribution is 5.78. The Morgan fingerprint density at radius 1 is 1.44 bits per heavy atom. The van der Waals surface area contributed by atoms with E-state index in [1.54, 1.807) is 6.92 Å². The first-order valence-corrected chi connectivity index (χ1v) is 6.53. The Balaban J connectivity index is 2.55. The van der Waals surface area contributed by atoms with Gasteiger partial charge in [0.25, 0.3) is 0 Å². The van der Waals surface area contributed by atoms with E-state index in [1.165, 1.54) is 19.3 Å². The van der Waals surface area contributed by atoms with E-state index in [1.807, 2.05) is 6.92 Å². The molecule has 0 amide bonds. The topological polar surface area (TPSA) is 49.3 Å². The average molecular weight is 227 g/mol. The molecule has 1 fully saturated rings. The van der Waals surface area contributed by atoms with Crippen LogP contribution in [0.25, 0.3) is 0 Å². The summed E-state index contributed by atoms with van der Waals surface area (Å²) in [5, 5.41) is 12.6. The van der Waals surface area contributed by atoms with Crippen LogP contribution in [0, 0.1) is 5.92 Å². The van der Waals surface area contributed by atoms with E-state index in [9.17, 15) is 9.90 Å². The molecule has 0 aromatic rings. The molecule has 94 valence electrons.